The van der Waals surface area contributed by atoms with E-state index in [1.165, 1.54) is 66.8 Å². The first kappa shape index (κ1) is 26.9. The van der Waals surface area contributed by atoms with Crippen LogP contribution in [-0.4, -0.2) is 46.8 Å². The van der Waals surface area contributed by atoms with E-state index in [1.807, 2.05) is 5.87 Å². The van der Waals surface area contributed by atoms with Gasteiger partial charge in [-0.15, -0.1) is 0 Å². The quantitative estimate of drug-likeness (QED) is 0.146. The van der Waals surface area contributed by atoms with E-state index < -0.39 is 31.6 Å². The number of nitrogens with one attached hydrogen (secondary N) is 3. The highest BCUT2D eigenvalue weighted by molar-refractivity contribution is 7.92. The number of allylic oxidation sites excluding steroid dienone is 5. The van der Waals surface area contributed by atoms with Crippen molar-refractivity contribution in [1.82, 2.24) is 0 Å². The second-order valence-corrected chi connectivity index (χ2v) is 10.6. The van der Waals surface area contributed by atoms with Crippen molar-refractivity contribution in [2.75, 3.05) is 22.0 Å². The number of carbonyl (C=O) groups is 2. The van der Waals surface area contributed by atoms with Gasteiger partial charge in [0.25, 0.3) is 0 Å². The van der Waals surface area contributed by atoms with E-state index in [4.69, 9.17) is 12.0 Å². The van der Waals surface area contributed by atoms with Gasteiger partial charge >= 0.3 is 0 Å². The van der Waals surface area contributed by atoms with Gasteiger partial charge < -0.3 is 4.79 Å². The summed E-state index contributed by atoms with van der Waals surface area (Å²) >= 11 is 0. The van der Waals surface area contributed by atoms with Crippen molar-refractivity contribution in [3.63, 3.8) is 0 Å². The zero-order valence-electron chi connectivity index (χ0n) is 18.6. The number of Topliss-reactive ketones (excluding diaryl/α,β-unsaturated/α-hetero) is 2. The van der Waals surface area contributed by atoms with Crippen LogP contribution in [0.3, 0.4) is 0 Å². The van der Waals surface area contributed by atoms with E-state index in [2.05, 4.69) is 14.3 Å². The SMILES string of the molecule is [C-]#[N+]C(=CC=CC(=C=N)C(=O)c1ccc(NS(C)(=O)=O)cc1)C(=O)c1ccc(NS(C)(=O)=O)cc1. The molecule has 0 aliphatic heterocycles. The first-order chi connectivity index (χ1) is 16.3. The van der Waals surface area contributed by atoms with Gasteiger partial charge in [-0.1, -0.05) is 24.3 Å². The molecule has 0 aliphatic rings. The van der Waals surface area contributed by atoms with Crippen LogP contribution < -0.4 is 9.44 Å². The van der Waals surface area contributed by atoms with Gasteiger partial charge in [0.1, 0.15) is 0 Å². The van der Waals surface area contributed by atoms with Crippen LogP contribution >= 0.6 is 0 Å². The fourth-order valence-electron chi connectivity index (χ4n) is 2.68. The molecule has 0 unspecified atom stereocenters. The molecule has 0 amide bonds. The fourth-order valence-corrected chi connectivity index (χ4v) is 3.81. The summed E-state index contributed by atoms with van der Waals surface area (Å²) in [6.07, 6.45) is 5.65. The summed E-state index contributed by atoms with van der Waals surface area (Å²) in [6, 6.07) is 11.1. The minimum atomic E-state index is -3.47. The van der Waals surface area contributed by atoms with E-state index in [0.717, 1.165) is 12.5 Å². The molecule has 2 rings (SSSR count). The molecule has 0 fully saturated rings. The highest BCUT2D eigenvalue weighted by Gasteiger charge is 2.14. The third-order valence-corrected chi connectivity index (χ3v) is 5.36. The molecule has 12 heteroatoms. The molecule has 0 bridgehead atoms. The van der Waals surface area contributed by atoms with Crippen LogP contribution in [0.1, 0.15) is 20.7 Å². The lowest BCUT2D eigenvalue weighted by Crippen LogP contribution is -2.10. The number of nitrogens with zero attached hydrogens (tertiary/aromatic N) is 1. The summed E-state index contributed by atoms with van der Waals surface area (Å²) in [5, 5.41) is 7.38. The lowest BCUT2D eigenvalue weighted by Gasteiger charge is -2.05. The summed E-state index contributed by atoms with van der Waals surface area (Å²) in [6.45, 7) is 7.27. The first-order valence-electron chi connectivity index (χ1n) is 9.63. The van der Waals surface area contributed by atoms with E-state index in [-0.39, 0.29) is 33.8 Å². The third kappa shape index (κ3) is 8.53. The molecule has 35 heavy (non-hydrogen) atoms. The number of anilines is 2. The molecule has 0 saturated heterocycles. The Balaban J connectivity index is 2.17. The van der Waals surface area contributed by atoms with Gasteiger partial charge in [-0.25, -0.2) is 21.7 Å². The molecule has 0 radical (unpaired) electrons. The van der Waals surface area contributed by atoms with Crippen LogP contribution in [-0.2, 0) is 20.0 Å². The molecule has 0 heterocycles. The van der Waals surface area contributed by atoms with Gasteiger partial charge in [0, 0.05) is 22.5 Å². The molecule has 0 saturated carbocycles. The van der Waals surface area contributed by atoms with Crippen molar-refractivity contribution in [2.24, 2.45) is 0 Å². The summed E-state index contributed by atoms with van der Waals surface area (Å²) in [5.74, 6) is 0.818. The van der Waals surface area contributed by atoms with Crippen molar-refractivity contribution < 1.29 is 26.4 Å². The minimum absolute atomic E-state index is 0.154. The maximum absolute atomic E-state index is 12.6. The summed E-state index contributed by atoms with van der Waals surface area (Å²) < 4.78 is 49.6. The van der Waals surface area contributed by atoms with Crippen molar-refractivity contribution in [3.05, 3.63) is 101 Å². The number of carbonyl (C=O) groups excluding carboxylic acids is 2. The van der Waals surface area contributed by atoms with Crippen molar-refractivity contribution >= 4 is 48.9 Å². The van der Waals surface area contributed by atoms with Gasteiger partial charge in [-0.3, -0.25) is 19.6 Å². The van der Waals surface area contributed by atoms with Gasteiger partial charge in [-0.05, 0) is 48.3 Å². The molecule has 0 aromatic heterocycles. The number of sulfonamides is 2. The zero-order valence-corrected chi connectivity index (χ0v) is 20.2. The first-order valence-corrected chi connectivity index (χ1v) is 13.4. The van der Waals surface area contributed by atoms with E-state index >= 15 is 0 Å². The standard InChI is InChI=1S/C23H20N4O6S2/c1-25-21(23(29)17-9-13-20(14-10-17)27-35(3,32)33)6-4-5-18(15-24)22(28)16-7-11-19(12-8-16)26-34(2,30)31/h4-14,24,26-27H,2-3H3. The molecule has 0 spiro atoms. The molecule has 2 aromatic carbocycles. The van der Waals surface area contributed by atoms with Crippen LogP contribution in [0.2, 0.25) is 0 Å². The van der Waals surface area contributed by atoms with Gasteiger partial charge in [-0.2, -0.15) is 0 Å². The second kappa shape index (κ2) is 11.2. The molecule has 10 nitrogen and oxygen atoms in total. The zero-order chi connectivity index (χ0) is 26.2. The highest BCUT2D eigenvalue weighted by Crippen LogP contribution is 2.16. The maximum Gasteiger partial charge on any atom is 0.234 e. The molecule has 0 atom stereocenters. The number of hydrogen-bond donors (Lipinski definition) is 3. The van der Waals surface area contributed by atoms with Crippen LogP contribution in [0.4, 0.5) is 11.4 Å². The molecule has 180 valence electrons. The normalized spacial score (nSPS) is 11.9. The topological polar surface area (TPSA) is 155 Å². The Morgan fingerprint density at radius 3 is 1.66 bits per heavy atom. The Bertz CT molecular complexity index is 1510. The second-order valence-electron chi connectivity index (χ2n) is 7.12. The monoisotopic (exact) mass is 512 g/mol. The predicted octanol–water partition coefficient (Wildman–Crippen LogP) is 3.03. The number of rotatable bonds is 10. The Labute approximate surface area is 203 Å². The number of ketones is 2. The van der Waals surface area contributed by atoms with E-state index in [1.54, 1.807) is 0 Å². The van der Waals surface area contributed by atoms with Gasteiger partial charge in [0.2, 0.25) is 31.5 Å². The Kier molecular flexibility index (Phi) is 8.64. The lowest BCUT2D eigenvalue weighted by molar-refractivity contribution is 0.103. The summed E-state index contributed by atoms with van der Waals surface area (Å²) in [4.78, 5) is 28.4. The fraction of sp³-hybridized carbons (Fsp3) is 0.0870. The molecular weight excluding hydrogens is 492 g/mol. The van der Waals surface area contributed by atoms with Crippen LogP contribution in [0, 0.1) is 12.0 Å². The lowest BCUT2D eigenvalue weighted by atomic mass is 10.0. The average molecular weight is 513 g/mol. The predicted molar refractivity (Wildman–Crippen MR) is 134 cm³/mol. The Morgan fingerprint density at radius 1 is 0.857 bits per heavy atom. The third-order valence-electron chi connectivity index (χ3n) is 4.15. The molecule has 0 aliphatic carbocycles. The molecule has 2 aromatic rings. The number of benzene rings is 2. The van der Waals surface area contributed by atoms with Gasteiger partial charge in [0.05, 0.1) is 24.7 Å². The number of hydrogen-bond acceptors (Lipinski definition) is 7. The van der Waals surface area contributed by atoms with Crippen LogP contribution in [0.5, 0.6) is 0 Å². The average Bonchev–Trinajstić information content (AvgIpc) is 2.77. The van der Waals surface area contributed by atoms with E-state index in [0.29, 0.717) is 0 Å². The minimum Gasteiger partial charge on any atom is -0.302 e. The van der Waals surface area contributed by atoms with Crippen LogP contribution in [0.15, 0.2) is 78.0 Å². The smallest absolute Gasteiger partial charge is 0.234 e. The summed E-state index contributed by atoms with van der Waals surface area (Å²) in [7, 11) is -6.94. The largest absolute Gasteiger partial charge is 0.302 e. The Hall–Kier alpha value is -4.30. The van der Waals surface area contributed by atoms with Crippen molar-refractivity contribution in [1.29, 1.82) is 5.41 Å². The highest BCUT2D eigenvalue weighted by atomic mass is 32.2. The van der Waals surface area contributed by atoms with E-state index in [9.17, 15) is 26.4 Å². The Morgan fingerprint density at radius 2 is 1.29 bits per heavy atom. The van der Waals surface area contributed by atoms with Crippen molar-refractivity contribution in [2.45, 2.75) is 0 Å². The van der Waals surface area contributed by atoms with Crippen LogP contribution in [0.25, 0.3) is 4.85 Å². The molecule has 3 N–H and O–H groups in total. The maximum atomic E-state index is 12.6. The summed E-state index contributed by atoms with van der Waals surface area (Å²) in [5.41, 5.74) is 0.439. The van der Waals surface area contributed by atoms with Crippen molar-refractivity contribution in [3.8, 4) is 0 Å². The van der Waals surface area contributed by atoms with Gasteiger partial charge in [0.15, 0.2) is 5.78 Å². The molecular formula is C23H20N4O6S2.